The maximum atomic E-state index is 11.2. The van der Waals surface area contributed by atoms with Gasteiger partial charge in [-0.25, -0.2) is 13.6 Å². The summed E-state index contributed by atoms with van der Waals surface area (Å²) in [6.45, 7) is 4.39. The van der Waals surface area contributed by atoms with Crippen molar-refractivity contribution in [3.05, 3.63) is 58.1 Å². The van der Waals surface area contributed by atoms with Gasteiger partial charge in [0.2, 0.25) is 10.0 Å². The third-order valence-electron chi connectivity index (χ3n) is 2.91. The zero-order valence-electron chi connectivity index (χ0n) is 11.8. The molecule has 0 heterocycles. The van der Waals surface area contributed by atoms with E-state index in [4.69, 9.17) is 21.5 Å². The summed E-state index contributed by atoms with van der Waals surface area (Å²) in [5.41, 5.74) is 3.34. The van der Waals surface area contributed by atoms with Gasteiger partial charge in [-0.2, -0.15) is 0 Å². The quantitative estimate of drug-likeness (QED) is 0.938. The van der Waals surface area contributed by atoms with Crippen LogP contribution < -0.4 is 9.88 Å². The Hall–Kier alpha value is -1.56. The molecular formula is C15H16ClNO3S. The lowest BCUT2D eigenvalue weighted by Gasteiger charge is -2.10. The Balaban J connectivity index is 2.17. The number of aryl methyl sites for hydroxylation is 2. The van der Waals surface area contributed by atoms with Gasteiger partial charge >= 0.3 is 0 Å². The molecule has 0 atom stereocenters. The fourth-order valence-electron chi connectivity index (χ4n) is 2.09. The molecule has 0 spiro atoms. The molecule has 0 aromatic heterocycles. The molecule has 2 N–H and O–H groups in total. The second kappa shape index (κ2) is 6.05. The van der Waals surface area contributed by atoms with Crippen LogP contribution in [0.5, 0.6) is 5.75 Å². The summed E-state index contributed by atoms with van der Waals surface area (Å²) in [7, 11) is -3.76. The van der Waals surface area contributed by atoms with Crippen molar-refractivity contribution in [1.82, 2.24) is 0 Å². The first-order chi connectivity index (χ1) is 9.75. The first kappa shape index (κ1) is 15.8. The van der Waals surface area contributed by atoms with Crippen LogP contribution in [0.3, 0.4) is 0 Å². The first-order valence-electron chi connectivity index (χ1n) is 6.28. The topological polar surface area (TPSA) is 69.4 Å². The van der Waals surface area contributed by atoms with Gasteiger partial charge in [-0.15, -0.1) is 0 Å². The molecular weight excluding hydrogens is 310 g/mol. The molecule has 0 fully saturated rings. The van der Waals surface area contributed by atoms with E-state index in [0.717, 1.165) is 16.7 Å². The summed E-state index contributed by atoms with van der Waals surface area (Å²) in [5, 5.41) is 5.26. The van der Waals surface area contributed by atoms with Gasteiger partial charge < -0.3 is 4.74 Å². The normalized spacial score (nSPS) is 11.4. The van der Waals surface area contributed by atoms with Crippen LogP contribution in [-0.4, -0.2) is 8.42 Å². The Bertz CT molecular complexity index is 752. The van der Waals surface area contributed by atoms with Crippen molar-refractivity contribution in [3.63, 3.8) is 0 Å². The molecule has 2 aromatic carbocycles. The zero-order valence-corrected chi connectivity index (χ0v) is 13.3. The Kier molecular flexibility index (Phi) is 4.56. The Morgan fingerprint density at radius 2 is 1.71 bits per heavy atom. The van der Waals surface area contributed by atoms with Crippen LogP contribution in [0.1, 0.15) is 16.7 Å². The lowest BCUT2D eigenvalue weighted by molar-refractivity contribution is 0.306. The molecule has 0 bridgehead atoms. The van der Waals surface area contributed by atoms with Gasteiger partial charge in [0.1, 0.15) is 12.4 Å². The lowest BCUT2D eigenvalue weighted by atomic mass is 10.1. The van der Waals surface area contributed by atoms with Crippen molar-refractivity contribution in [2.45, 2.75) is 25.3 Å². The van der Waals surface area contributed by atoms with Crippen LogP contribution >= 0.6 is 11.6 Å². The van der Waals surface area contributed by atoms with Crippen LogP contribution in [0, 0.1) is 13.8 Å². The van der Waals surface area contributed by atoms with Crippen molar-refractivity contribution in [2.24, 2.45) is 5.14 Å². The van der Waals surface area contributed by atoms with Gasteiger partial charge in [0.25, 0.3) is 0 Å². The van der Waals surface area contributed by atoms with Crippen molar-refractivity contribution >= 4 is 21.6 Å². The highest BCUT2D eigenvalue weighted by atomic mass is 35.5. The SMILES string of the molecule is Cc1cc(C)cc(COc2ccc(S(N)(=O)=O)cc2Cl)c1. The zero-order chi connectivity index (χ0) is 15.6. The van der Waals surface area contributed by atoms with Crippen molar-refractivity contribution < 1.29 is 13.2 Å². The Labute approximate surface area is 129 Å². The number of sulfonamides is 1. The first-order valence-corrected chi connectivity index (χ1v) is 8.20. The number of primary sulfonamides is 1. The number of hydrogen-bond acceptors (Lipinski definition) is 3. The monoisotopic (exact) mass is 325 g/mol. The largest absolute Gasteiger partial charge is 0.487 e. The summed E-state index contributed by atoms with van der Waals surface area (Å²) < 4.78 is 28.1. The second-order valence-electron chi connectivity index (χ2n) is 4.92. The number of ether oxygens (including phenoxy) is 1. The van der Waals surface area contributed by atoms with Crippen LogP contribution in [0.4, 0.5) is 0 Å². The van der Waals surface area contributed by atoms with E-state index in [1.165, 1.54) is 18.2 Å². The number of nitrogens with two attached hydrogens (primary N) is 1. The van der Waals surface area contributed by atoms with E-state index in [2.05, 4.69) is 6.07 Å². The lowest BCUT2D eigenvalue weighted by Crippen LogP contribution is -2.12. The number of halogens is 1. The molecule has 2 aromatic rings. The van der Waals surface area contributed by atoms with Crippen LogP contribution in [0.25, 0.3) is 0 Å². The van der Waals surface area contributed by atoms with E-state index in [1.807, 2.05) is 26.0 Å². The fourth-order valence-corrected chi connectivity index (χ4v) is 2.93. The minimum atomic E-state index is -3.76. The average Bonchev–Trinajstić information content (AvgIpc) is 2.35. The Morgan fingerprint density at radius 1 is 1.10 bits per heavy atom. The van der Waals surface area contributed by atoms with E-state index in [0.29, 0.717) is 12.4 Å². The number of rotatable bonds is 4. The van der Waals surface area contributed by atoms with Crippen molar-refractivity contribution in [2.75, 3.05) is 0 Å². The van der Waals surface area contributed by atoms with Gasteiger partial charge in [-0.1, -0.05) is 40.9 Å². The number of benzene rings is 2. The third kappa shape index (κ3) is 4.20. The van der Waals surface area contributed by atoms with Gasteiger partial charge in [0, 0.05) is 0 Å². The van der Waals surface area contributed by atoms with Crippen molar-refractivity contribution in [1.29, 1.82) is 0 Å². The maximum Gasteiger partial charge on any atom is 0.238 e. The standard InChI is InChI=1S/C15H16ClNO3S/c1-10-5-11(2)7-12(6-10)9-20-15-4-3-13(8-14(15)16)21(17,18)19/h3-8H,9H2,1-2H3,(H2,17,18,19). The van der Waals surface area contributed by atoms with Crippen LogP contribution in [-0.2, 0) is 16.6 Å². The summed E-state index contributed by atoms with van der Waals surface area (Å²) in [5.74, 6) is 0.420. The maximum absolute atomic E-state index is 11.2. The fraction of sp³-hybridized carbons (Fsp3) is 0.200. The van der Waals surface area contributed by atoms with E-state index < -0.39 is 10.0 Å². The predicted molar refractivity (Wildman–Crippen MR) is 83.1 cm³/mol. The smallest absolute Gasteiger partial charge is 0.238 e. The van der Waals surface area contributed by atoms with E-state index in [-0.39, 0.29) is 9.92 Å². The van der Waals surface area contributed by atoms with Gasteiger partial charge in [0.15, 0.2) is 0 Å². The molecule has 0 aliphatic carbocycles. The highest BCUT2D eigenvalue weighted by molar-refractivity contribution is 7.89. The van der Waals surface area contributed by atoms with E-state index >= 15 is 0 Å². The van der Waals surface area contributed by atoms with E-state index in [1.54, 1.807) is 0 Å². The minimum absolute atomic E-state index is 0.0359. The molecule has 0 unspecified atom stereocenters. The molecule has 0 aliphatic heterocycles. The molecule has 0 aliphatic rings. The molecule has 0 saturated heterocycles. The predicted octanol–water partition coefficient (Wildman–Crippen LogP) is 3.18. The summed E-state index contributed by atoms with van der Waals surface area (Å²) in [6.07, 6.45) is 0. The van der Waals surface area contributed by atoms with Crippen molar-refractivity contribution in [3.8, 4) is 5.75 Å². The number of hydrogen-bond donors (Lipinski definition) is 1. The highest BCUT2D eigenvalue weighted by Gasteiger charge is 2.11. The van der Waals surface area contributed by atoms with Gasteiger partial charge in [-0.3, -0.25) is 0 Å². The average molecular weight is 326 g/mol. The summed E-state index contributed by atoms with van der Waals surface area (Å²) >= 11 is 6.02. The molecule has 2 rings (SSSR count). The molecule has 21 heavy (non-hydrogen) atoms. The van der Waals surface area contributed by atoms with Gasteiger partial charge in [0.05, 0.1) is 9.92 Å². The second-order valence-corrected chi connectivity index (χ2v) is 6.89. The molecule has 4 nitrogen and oxygen atoms in total. The van der Waals surface area contributed by atoms with Crippen LogP contribution in [0.15, 0.2) is 41.3 Å². The minimum Gasteiger partial charge on any atom is -0.487 e. The summed E-state index contributed by atoms with van der Waals surface area (Å²) in [6, 6.07) is 10.3. The van der Waals surface area contributed by atoms with Crippen LogP contribution in [0.2, 0.25) is 5.02 Å². The van der Waals surface area contributed by atoms with Gasteiger partial charge in [-0.05, 0) is 37.6 Å². The van der Waals surface area contributed by atoms with E-state index in [9.17, 15) is 8.42 Å². The molecule has 6 heteroatoms. The Morgan fingerprint density at radius 3 is 2.24 bits per heavy atom. The molecule has 0 radical (unpaired) electrons. The third-order valence-corrected chi connectivity index (χ3v) is 4.11. The molecule has 112 valence electrons. The highest BCUT2D eigenvalue weighted by Crippen LogP contribution is 2.27. The molecule has 0 amide bonds. The summed E-state index contributed by atoms with van der Waals surface area (Å²) in [4.78, 5) is -0.0359. The molecule has 0 saturated carbocycles.